The van der Waals surface area contributed by atoms with E-state index in [4.69, 9.17) is 19.7 Å². The van der Waals surface area contributed by atoms with Gasteiger partial charge in [-0.2, -0.15) is 0 Å². The monoisotopic (exact) mass is 479 g/mol. The standard InChI is InChI=1S/C19H29N3O4.C4H4O4/c1-25-17-5-2-3-6-18(17)26-14-16(23)13-21-11-7-15(8-12-21)22-10-4-9-20-19(22)24;5-3(6)1-2-4(7)8/h2-3,5-6,15-16,23H,4,7-14H2,1H3,(H,20,24);1-2H,(H,5,6)(H,7,8). The first-order chi connectivity index (χ1) is 16.3. The third kappa shape index (κ3) is 9.28. The van der Waals surface area contributed by atoms with Crippen molar-refractivity contribution in [2.24, 2.45) is 0 Å². The number of ether oxygens (including phenoxy) is 2. The fourth-order valence-electron chi connectivity index (χ4n) is 3.83. The number of piperidine rings is 1. The Morgan fingerprint density at radius 1 is 1.12 bits per heavy atom. The lowest BCUT2D eigenvalue weighted by Crippen LogP contribution is -2.54. The molecule has 1 aromatic rings. The fraction of sp³-hybridized carbons (Fsp3) is 0.522. The number of urea groups is 1. The van der Waals surface area contributed by atoms with Crippen LogP contribution >= 0.6 is 0 Å². The van der Waals surface area contributed by atoms with Crippen LogP contribution in [0.2, 0.25) is 0 Å². The van der Waals surface area contributed by atoms with Crippen molar-refractivity contribution in [3.63, 3.8) is 0 Å². The molecule has 2 aliphatic rings. The van der Waals surface area contributed by atoms with Crippen LogP contribution in [0.15, 0.2) is 36.4 Å². The number of likely N-dealkylation sites (tertiary alicyclic amines) is 1. The van der Waals surface area contributed by atoms with E-state index in [0.717, 1.165) is 45.4 Å². The Morgan fingerprint density at radius 2 is 1.74 bits per heavy atom. The van der Waals surface area contributed by atoms with Crippen LogP contribution in [0.4, 0.5) is 4.79 Å². The Kier molecular flexibility index (Phi) is 11.1. The van der Waals surface area contributed by atoms with Crippen molar-refractivity contribution in [2.75, 3.05) is 46.4 Å². The van der Waals surface area contributed by atoms with Crippen LogP contribution in [0.25, 0.3) is 0 Å². The van der Waals surface area contributed by atoms with Gasteiger partial charge in [0.2, 0.25) is 0 Å². The molecule has 188 valence electrons. The van der Waals surface area contributed by atoms with Crippen LogP contribution in [-0.2, 0) is 9.59 Å². The van der Waals surface area contributed by atoms with E-state index in [0.29, 0.717) is 36.2 Å². The molecule has 2 fully saturated rings. The summed E-state index contributed by atoms with van der Waals surface area (Å²) in [5.41, 5.74) is 0. The number of hydrogen-bond donors (Lipinski definition) is 4. The molecular weight excluding hydrogens is 446 g/mol. The van der Waals surface area contributed by atoms with E-state index in [1.165, 1.54) is 0 Å². The lowest BCUT2D eigenvalue weighted by molar-refractivity contribution is -0.134. The molecule has 2 aliphatic heterocycles. The molecule has 0 saturated carbocycles. The lowest BCUT2D eigenvalue weighted by Gasteiger charge is -2.40. The third-order valence-corrected chi connectivity index (χ3v) is 5.45. The Balaban J connectivity index is 0.000000440. The van der Waals surface area contributed by atoms with Gasteiger partial charge >= 0.3 is 18.0 Å². The Bertz CT molecular complexity index is 823. The molecule has 1 unspecified atom stereocenters. The number of carbonyl (C=O) groups is 3. The molecule has 0 aliphatic carbocycles. The summed E-state index contributed by atoms with van der Waals surface area (Å²) in [6, 6.07) is 7.82. The number of para-hydroxylation sites is 2. The molecule has 1 atom stereocenters. The average Bonchev–Trinajstić information content (AvgIpc) is 2.83. The van der Waals surface area contributed by atoms with Gasteiger partial charge in [-0.1, -0.05) is 12.1 Å². The molecule has 0 spiro atoms. The summed E-state index contributed by atoms with van der Waals surface area (Å²) in [5.74, 6) is -1.20. The number of rotatable bonds is 9. The minimum absolute atomic E-state index is 0.0694. The van der Waals surface area contributed by atoms with Gasteiger partial charge in [-0.15, -0.1) is 0 Å². The largest absolute Gasteiger partial charge is 0.493 e. The molecule has 2 saturated heterocycles. The first kappa shape index (κ1) is 26.9. The fourth-order valence-corrected chi connectivity index (χ4v) is 3.83. The second-order valence-corrected chi connectivity index (χ2v) is 7.94. The number of carbonyl (C=O) groups excluding carboxylic acids is 1. The van der Waals surface area contributed by atoms with Crippen molar-refractivity contribution in [2.45, 2.75) is 31.4 Å². The average molecular weight is 480 g/mol. The van der Waals surface area contributed by atoms with E-state index < -0.39 is 18.0 Å². The first-order valence-electron chi connectivity index (χ1n) is 11.1. The number of aliphatic hydroxyl groups is 1. The second kappa shape index (κ2) is 14.1. The van der Waals surface area contributed by atoms with Gasteiger partial charge in [0.25, 0.3) is 0 Å². The Morgan fingerprint density at radius 3 is 2.29 bits per heavy atom. The number of nitrogens with one attached hydrogen (secondary N) is 1. The van der Waals surface area contributed by atoms with Crippen molar-refractivity contribution < 1.29 is 39.2 Å². The molecule has 3 rings (SSSR count). The highest BCUT2D eigenvalue weighted by atomic mass is 16.5. The number of methoxy groups -OCH3 is 1. The number of aliphatic carboxylic acids is 2. The highest BCUT2D eigenvalue weighted by Gasteiger charge is 2.29. The van der Waals surface area contributed by atoms with Gasteiger partial charge in [-0.05, 0) is 31.4 Å². The quantitative estimate of drug-likeness (QED) is 0.381. The summed E-state index contributed by atoms with van der Waals surface area (Å²) < 4.78 is 11.0. The van der Waals surface area contributed by atoms with E-state index in [2.05, 4.69) is 10.2 Å². The van der Waals surface area contributed by atoms with E-state index in [-0.39, 0.29) is 12.6 Å². The third-order valence-electron chi connectivity index (χ3n) is 5.45. The maximum absolute atomic E-state index is 12.0. The molecular formula is C23H33N3O8. The molecule has 11 nitrogen and oxygen atoms in total. The van der Waals surface area contributed by atoms with Crippen LogP contribution in [-0.4, -0.2) is 102 Å². The number of carboxylic acids is 2. The molecule has 2 heterocycles. The summed E-state index contributed by atoms with van der Waals surface area (Å²) in [4.78, 5) is 35.3. The molecule has 0 bridgehead atoms. The predicted octanol–water partition coefficient (Wildman–Crippen LogP) is 1.03. The molecule has 0 radical (unpaired) electrons. The van der Waals surface area contributed by atoms with Crippen molar-refractivity contribution in [1.29, 1.82) is 0 Å². The zero-order chi connectivity index (χ0) is 24.9. The molecule has 34 heavy (non-hydrogen) atoms. The van der Waals surface area contributed by atoms with Crippen LogP contribution in [0, 0.1) is 0 Å². The van der Waals surface area contributed by atoms with E-state index in [1.807, 2.05) is 29.2 Å². The number of β-amino-alcohol motifs (C(OH)–C–C–N with tert-alkyl or cyclic N) is 1. The Hall–Kier alpha value is -3.31. The number of aliphatic hydroxyl groups excluding tert-OH is 1. The lowest BCUT2D eigenvalue weighted by atomic mass is 10.0. The van der Waals surface area contributed by atoms with Gasteiger partial charge in [0, 0.05) is 50.9 Å². The number of benzene rings is 1. The summed E-state index contributed by atoms with van der Waals surface area (Å²) in [5, 5.41) is 28.8. The maximum atomic E-state index is 12.0. The predicted molar refractivity (Wildman–Crippen MR) is 123 cm³/mol. The van der Waals surface area contributed by atoms with Gasteiger partial charge in [0.15, 0.2) is 11.5 Å². The SMILES string of the molecule is COc1ccccc1OCC(O)CN1CCC(N2CCCNC2=O)CC1.O=C(O)C=CC(=O)O. The Labute approximate surface area is 198 Å². The topological polar surface area (TPSA) is 149 Å². The smallest absolute Gasteiger partial charge is 0.328 e. The zero-order valence-electron chi connectivity index (χ0n) is 19.3. The highest BCUT2D eigenvalue weighted by molar-refractivity contribution is 5.89. The zero-order valence-corrected chi connectivity index (χ0v) is 19.3. The number of nitrogens with zero attached hydrogens (tertiary/aromatic N) is 2. The van der Waals surface area contributed by atoms with Crippen molar-refractivity contribution >= 4 is 18.0 Å². The van der Waals surface area contributed by atoms with Crippen LogP contribution in [0.1, 0.15) is 19.3 Å². The first-order valence-corrected chi connectivity index (χ1v) is 11.1. The molecule has 11 heteroatoms. The van der Waals surface area contributed by atoms with Crippen LogP contribution in [0.3, 0.4) is 0 Å². The van der Waals surface area contributed by atoms with Gasteiger partial charge in [0.05, 0.1) is 7.11 Å². The maximum Gasteiger partial charge on any atom is 0.328 e. The van der Waals surface area contributed by atoms with Crippen molar-refractivity contribution in [3.8, 4) is 11.5 Å². The van der Waals surface area contributed by atoms with Crippen LogP contribution in [0.5, 0.6) is 11.5 Å². The van der Waals surface area contributed by atoms with E-state index in [1.54, 1.807) is 7.11 Å². The normalized spacial score (nSPS) is 17.9. The van der Waals surface area contributed by atoms with Crippen LogP contribution < -0.4 is 14.8 Å². The van der Waals surface area contributed by atoms with Crippen molar-refractivity contribution in [3.05, 3.63) is 36.4 Å². The number of amides is 2. The number of hydrogen-bond acceptors (Lipinski definition) is 7. The van der Waals surface area contributed by atoms with Gasteiger partial charge in [-0.3, -0.25) is 0 Å². The summed E-state index contributed by atoms with van der Waals surface area (Å²) in [6.07, 6.45) is 3.48. The summed E-state index contributed by atoms with van der Waals surface area (Å²) >= 11 is 0. The summed E-state index contributed by atoms with van der Waals surface area (Å²) in [7, 11) is 1.60. The van der Waals surface area contributed by atoms with Gasteiger partial charge in [0.1, 0.15) is 12.7 Å². The van der Waals surface area contributed by atoms with E-state index in [9.17, 15) is 19.5 Å². The molecule has 0 aromatic heterocycles. The summed E-state index contributed by atoms with van der Waals surface area (Å²) in [6.45, 7) is 4.22. The molecule has 1 aromatic carbocycles. The molecule has 2 amide bonds. The highest BCUT2D eigenvalue weighted by Crippen LogP contribution is 2.26. The van der Waals surface area contributed by atoms with Crippen molar-refractivity contribution in [1.82, 2.24) is 15.1 Å². The van der Waals surface area contributed by atoms with Gasteiger partial charge in [-0.25, -0.2) is 14.4 Å². The van der Waals surface area contributed by atoms with E-state index >= 15 is 0 Å². The minimum Gasteiger partial charge on any atom is -0.493 e. The van der Waals surface area contributed by atoms with Gasteiger partial charge < -0.3 is 39.9 Å². The second-order valence-electron chi connectivity index (χ2n) is 7.94. The number of carboxylic acid groups (broad SMARTS) is 2. The molecule has 4 N–H and O–H groups in total. The minimum atomic E-state index is -1.26.